The first-order chi connectivity index (χ1) is 11.8. The molecule has 2 saturated heterocycles. The molecular formula is C17H27N5O3. The molecule has 2 rings (SSSR count). The third kappa shape index (κ3) is 4.28. The Hall–Kier alpha value is -2.14. The summed E-state index contributed by atoms with van der Waals surface area (Å²) in [6, 6.07) is 1.47. The van der Waals surface area contributed by atoms with E-state index >= 15 is 0 Å². The number of urea groups is 1. The van der Waals surface area contributed by atoms with Crippen LogP contribution in [0.15, 0.2) is 0 Å². The number of nitrogens with one attached hydrogen (secondary N) is 1. The van der Waals surface area contributed by atoms with Crippen LogP contribution in [-0.4, -0.2) is 77.9 Å². The van der Waals surface area contributed by atoms with E-state index in [4.69, 9.17) is 5.26 Å². The molecule has 2 aliphatic heterocycles. The molecule has 4 amide bonds. The molecule has 0 radical (unpaired) electrons. The van der Waals surface area contributed by atoms with E-state index in [9.17, 15) is 14.4 Å². The minimum Gasteiger partial charge on any atom is -0.343 e. The molecule has 2 fully saturated rings. The first kappa shape index (κ1) is 19.2. The second-order valence-corrected chi connectivity index (χ2v) is 7.32. The predicted octanol–water partition coefficient (Wildman–Crippen LogP) is 0.401. The van der Waals surface area contributed by atoms with Crippen LogP contribution in [-0.2, 0) is 9.59 Å². The lowest BCUT2D eigenvalue weighted by atomic mass is 9.87. The van der Waals surface area contributed by atoms with Crippen molar-refractivity contribution in [1.82, 2.24) is 20.0 Å². The fourth-order valence-electron chi connectivity index (χ4n) is 3.39. The summed E-state index contributed by atoms with van der Waals surface area (Å²) in [6.45, 7) is 6.82. The maximum atomic E-state index is 12.8. The van der Waals surface area contributed by atoms with Crippen LogP contribution < -0.4 is 5.32 Å². The number of nitriles is 1. The molecule has 0 aliphatic carbocycles. The molecule has 8 heteroatoms. The molecule has 0 aromatic heterocycles. The highest BCUT2D eigenvalue weighted by Gasteiger charge is 2.52. The zero-order chi connectivity index (χ0) is 18.6. The van der Waals surface area contributed by atoms with Crippen molar-refractivity contribution < 1.29 is 14.4 Å². The summed E-state index contributed by atoms with van der Waals surface area (Å²) in [7, 11) is 1.57. The Morgan fingerprint density at radius 2 is 2.00 bits per heavy atom. The van der Waals surface area contributed by atoms with Crippen LogP contribution in [0.4, 0.5) is 4.79 Å². The van der Waals surface area contributed by atoms with Crippen molar-refractivity contribution in [2.24, 2.45) is 5.92 Å². The fraction of sp³-hybridized carbons (Fsp3) is 0.765. The molecule has 0 aromatic rings. The molecule has 0 aromatic carbocycles. The van der Waals surface area contributed by atoms with Gasteiger partial charge in [-0.1, -0.05) is 13.8 Å². The lowest BCUT2D eigenvalue weighted by Gasteiger charge is -2.38. The van der Waals surface area contributed by atoms with Crippen LogP contribution in [0.5, 0.6) is 0 Å². The highest BCUT2D eigenvalue weighted by atomic mass is 16.2. The van der Waals surface area contributed by atoms with Crippen molar-refractivity contribution in [2.45, 2.75) is 38.6 Å². The lowest BCUT2D eigenvalue weighted by Crippen LogP contribution is -2.55. The van der Waals surface area contributed by atoms with E-state index in [1.807, 2.05) is 6.07 Å². The molecule has 0 bridgehead atoms. The van der Waals surface area contributed by atoms with Crippen molar-refractivity contribution in [2.75, 3.05) is 39.8 Å². The van der Waals surface area contributed by atoms with Gasteiger partial charge in [0.1, 0.15) is 12.1 Å². The normalized spacial score (nSPS) is 20.0. The number of hydrogen-bond donors (Lipinski definition) is 1. The van der Waals surface area contributed by atoms with E-state index in [2.05, 4.69) is 24.1 Å². The molecule has 25 heavy (non-hydrogen) atoms. The van der Waals surface area contributed by atoms with E-state index in [0.29, 0.717) is 18.8 Å². The van der Waals surface area contributed by atoms with E-state index in [1.165, 1.54) is 4.90 Å². The number of hydrogen-bond acceptors (Lipinski definition) is 5. The van der Waals surface area contributed by atoms with E-state index < -0.39 is 11.6 Å². The highest BCUT2D eigenvalue weighted by molar-refractivity contribution is 6.09. The van der Waals surface area contributed by atoms with Gasteiger partial charge in [0.15, 0.2) is 0 Å². The number of imide groups is 1. The van der Waals surface area contributed by atoms with Gasteiger partial charge in [0.2, 0.25) is 5.91 Å². The van der Waals surface area contributed by atoms with Crippen LogP contribution in [0.2, 0.25) is 0 Å². The van der Waals surface area contributed by atoms with Gasteiger partial charge < -0.3 is 15.1 Å². The number of piperidine rings is 1. The Morgan fingerprint density at radius 1 is 1.36 bits per heavy atom. The van der Waals surface area contributed by atoms with Crippen molar-refractivity contribution in [3.05, 3.63) is 0 Å². The zero-order valence-electron chi connectivity index (χ0n) is 15.2. The van der Waals surface area contributed by atoms with Gasteiger partial charge in [-0.25, -0.2) is 4.79 Å². The minimum absolute atomic E-state index is 0.220. The third-order valence-electron chi connectivity index (χ3n) is 4.86. The Labute approximate surface area is 148 Å². The maximum absolute atomic E-state index is 12.8. The number of carbonyl (C=O) groups excluding carboxylic acids is 3. The minimum atomic E-state index is -0.865. The average molecular weight is 349 g/mol. The summed E-state index contributed by atoms with van der Waals surface area (Å²) in [5.41, 5.74) is -0.865. The molecule has 0 atom stereocenters. The Morgan fingerprint density at radius 3 is 2.56 bits per heavy atom. The topological polar surface area (TPSA) is 96.8 Å². The molecule has 1 spiro atoms. The fourth-order valence-corrected chi connectivity index (χ4v) is 3.39. The van der Waals surface area contributed by atoms with Gasteiger partial charge in [-0.3, -0.25) is 14.5 Å². The predicted molar refractivity (Wildman–Crippen MR) is 91.4 cm³/mol. The molecular weight excluding hydrogens is 322 g/mol. The SMILES string of the molecule is CC(C)CN1CCC2(CC1)NC(=O)N(CC(=O)N(C)CCC#N)C2=O. The Kier molecular flexibility index (Phi) is 6.01. The molecule has 2 heterocycles. The third-order valence-corrected chi connectivity index (χ3v) is 4.86. The molecule has 1 N–H and O–H groups in total. The monoisotopic (exact) mass is 349 g/mol. The number of rotatable bonds is 6. The largest absolute Gasteiger partial charge is 0.343 e. The van der Waals surface area contributed by atoms with Crippen molar-refractivity contribution in [3.8, 4) is 6.07 Å². The van der Waals surface area contributed by atoms with E-state index in [1.54, 1.807) is 7.05 Å². The number of likely N-dealkylation sites (tertiary alicyclic amines) is 1. The Bertz CT molecular complexity index is 575. The van der Waals surface area contributed by atoms with Gasteiger partial charge in [0, 0.05) is 33.2 Å². The van der Waals surface area contributed by atoms with Crippen molar-refractivity contribution in [3.63, 3.8) is 0 Å². The van der Waals surface area contributed by atoms with Crippen LogP contribution in [0.1, 0.15) is 33.1 Å². The molecule has 138 valence electrons. The number of likely N-dealkylation sites (N-methyl/N-ethyl adjacent to an activating group) is 1. The van der Waals surface area contributed by atoms with Gasteiger partial charge in [0.25, 0.3) is 5.91 Å². The maximum Gasteiger partial charge on any atom is 0.325 e. The number of carbonyl (C=O) groups is 3. The van der Waals surface area contributed by atoms with Gasteiger partial charge in [-0.15, -0.1) is 0 Å². The van der Waals surface area contributed by atoms with Crippen molar-refractivity contribution >= 4 is 17.8 Å². The summed E-state index contributed by atoms with van der Waals surface area (Å²) >= 11 is 0. The summed E-state index contributed by atoms with van der Waals surface area (Å²) < 4.78 is 0. The zero-order valence-corrected chi connectivity index (χ0v) is 15.2. The molecule has 0 unspecified atom stereocenters. The second-order valence-electron chi connectivity index (χ2n) is 7.32. The van der Waals surface area contributed by atoms with Gasteiger partial charge >= 0.3 is 6.03 Å². The Balaban J connectivity index is 1.96. The van der Waals surface area contributed by atoms with Crippen LogP contribution >= 0.6 is 0 Å². The summed E-state index contributed by atoms with van der Waals surface area (Å²) in [5.74, 6) is -0.0854. The lowest BCUT2D eigenvalue weighted by molar-refractivity contribution is -0.139. The van der Waals surface area contributed by atoms with Crippen LogP contribution in [0.3, 0.4) is 0 Å². The number of nitrogens with zero attached hydrogens (tertiary/aromatic N) is 4. The average Bonchev–Trinajstić information content (AvgIpc) is 2.78. The highest BCUT2D eigenvalue weighted by Crippen LogP contribution is 2.29. The first-order valence-electron chi connectivity index (χ1n) is 8.76. The summed E-state index contributed by atoms with van der Waals surface area (Å²) in [6.07, 6.45) is 1.36. The second kappa shape index (κ2) is 7.83. The standard InChI is InChI=1S/C17H27N5O3/c1-13(2)11-21-9-5-17(6-10-21)15(24)22(16(25)19-17)12-14(23)20(3)8-4-7-18/h13H,4-6,8-12H2,1-3H3,(H,19,25). The van der Waals surface area contributed by atoms with Crippen molar-refractivity contribution in [1.29, 1.82) is 5.26 Å². The molecule has 0 saturated carbocycles. The number of amides is 4. The molecule has 8 nitrogen and oxygen atoms in total. The first-order valence-corrected chi connectivity index (χ1v) is 8.76. The molecule has 2 aliphatic rings. The van der Waals surface area contributed by atoms with E-state index in [0.717, 1.165) is 24.5 Å². The van der Waals surface area contributed by atoms with E-state index in [-0.39, 0.29) is 31.3 Å². The summed E-state index contributed by atoms with van der Waals surface area (Å²) in [5, 5.41) is 11.4. The van der Waals surface area contributed by atoms with Crippen LogP contribution in [0.25, 0.3) is 0 Å². The quantitative estimate of drug-likeness (QED) is 0.700. The smallest absolute Gasteiger partial charge is 0.325 e. The van der Waals surface area contributed by atoms with Gasteiger partial charge in [-0.2, -0.15) is 5.26 Å². The summed E-state index contributed by atoms with van der Waals surface area (Å²) in [4.78, 5) is 41.9. The van der Waals surface area contributed by atoms with Crippen LogP contribution in [0, 0.1) is 17.2 Å². The van der Waals surface area contributed by atoms with Gasteiger partial charge in [-0.05, 0) is 18.8 Å². The van der Waals surface area contributed by atoms with Gasteiger partial charge in [0.05, 0.1) is 12.5 Å².